The molecular formula is C18H22N6O2S. The van der Waals surface area contributed by atoms with Crippen LogP contribution in [0, 0.1) is 6.92 Å². The van der Waals surface area contributed by atoms with Gasteiger partial charge in [-0.2, -0.15) is 5.10 Å². The van der Waals surface area contributed by atoms with E-state index >= 15 is 0 Å². The number of fused-ring (bicyclic) bond motifs is 1. The molecule has 1 N–H and O–H groups in total. The van der Waals surface area contributed by atoms with Gasteiger partial charge in [0.25, 0.3) is 5.91 Å². The molecule has 0 saturated carbocycles. The van der Waals surface area contributed by atoms with Crippen molar-refractivity contribution in [3.8, 4) is 0 Å². The first kappa shape index (κ1) is 18.0. The van der Waals surface area contributed by atoms with Crippen LogP contribution in [-0.4, -0.2) is 37.5 Å². The Kier molecular flexibility index (Phi) is 4.65. The molecule has 1 saturated heterocycles. The number of aryl methyl sites for hydroxylation is 2. The van der Waals surface area contributed by atoms with Gasteiger partial charge in [-0.1, -0.05) is 25.2 Å². The van der Waals surface area contributed by atoms with Gasteiger partial charge in [-0.25, -0.2) is 4.98 Å². The van der Waals surface area contributed by atoms with E-state index in [4.69, 9.17) is 4.74 Å². The molecule has 0 radical (unpaired) electrons. The summed E-state index contributed by atoms with van der Waals surface area (Å²) in [4.78, 5) is 17.7. The Labute approximate surface area is 161 Å². The first-order valence-corrected chi connectivity index (χ1v) is 9.86. The minimum absolute atomic E-state index is 0.00565. The molecule has 0 bridgehead atoms. The standard InChI is InChI=1S/C18H22N6O2S/c1-9(2)12-8-11(14-10(3)23-24(4)15(14)19-12)16(25)20-18-22-21-17(27-18)13-6-5-7-26-13/h8-9,13H,5-7H2,1-4H3,(H,20,22,25). The van der Waals surface area contributed by atoms with Crippen molar-refractivity contribution in [2.24, 2.45) is 7.05 Å². The number of nitrogens with zero attached hydrogens (tertiary/aromatic N) is 5. The Morgan fingerprint density at radius 2 is 2.22 bits per heavy atom. The number of hydrogen-bond acceptors (Lipinski definition) is 7. The summed E-state index contributed by atoms with van der Waals surface area (Å²) >= 11 is 1.36. The van der Waals surface area contributed by atoms with Gasteiger partial charge >= 0.3 is 0 Å². The zero-order chi connectivity index (χ0) is 19.1. The van der Waals surface area contributed by atoms with Gasteiger partial charge in [-0.05, 0) is 31.7 Å². The van der Waals surface area contributed by atoms with Crippen LogP contribution < -0.4 is 5.32 Å². The van der Waals surface area contributed by atoms with Crippen molar-refractivity contribution in [2.45, 2.75) is 45.6 Å². The summed E-state index contributed by atoms with van der Waals surface area (Å²) in [6.07, 6.45) is 1.97. The lowest BCUT2D eigenvalue weighted by atomic mass is 10.0. The summed E-state index contributed by atoms with van der Waals surface area (Å²) in [7, 11) is 1.84. The molecule has 142 valence electrons. The van der Waals surface area contributed by atoms with Crippen LogP contribution in [0.5, 0.6) is 0 Å². The molecule has 1 aliphatic heterocycles. The van der Waals surface area contributed by atoms with E-state index in [1.807, 2.05) is 20.0 Å². The normalized spacial score (nSPS) is 17.1. The Bertz CT molecular complexity index is 1000. The summed E-state index contributed by atoms with van der Waals surface area (Å²) in [5.74, 6) is -0.0285. The average Bonchev–Trinajstić information content (AvgIpc) is 3.35. The fraction of sp³-hybridized carbons (Fsp3) is 0.500. The quantitative estimate of drug-likeness (QED) is 0.739. The second kappa shape index (κ2) is 6.97. The molecule has 0 aromatic carbocycles. The molecule has 3 aromatic rings. The third-order valence-corrected chi connectivity index (χ3v) is 5.62. The number of carbonyl (C=O) groups is 1. The lowest BCUT2D eigenvalue weighted by molar-refractivity contribution is 0.102. The Hall–Kier alpha value is -2.39. The highest BCUT2D eigenvalue weighted by atomic mass is 32.1. The van der Waals surface area contributed by atoms with Crippen molar-refractivity contribution in [2.75, 3.05) is 11.9 Å². The summed E-state index contributed by atoms with van der Waals surface area (Å²) in [6.45, 7) is 6.74. The van der Waals surface area contributed by atoms with Gasteiger partial charge in [0.05, 0.1) is 16.6 Å². The highest BCUT2D eigenvalue weighted by Gasteiger charge is 2.24. The molecule has 4 heterocycles. The van der Waals surface area contributed by atoms with E-state index in [1.54, 1.807) is 4.68 Å². The molecule has 1 aliphatic rings. The van der Waals surface area contributed by atoms with Crippen LogP contribution in [0.25, 0.3) is 11.0 Å². The monoisotopic (exact) mass is 386 g/mol. The number of pyridine rings is 1. The van der Waals surface area contributed by atoms with Gasteiger partial charge in [-0.15, -0.1) is 10.2 Å². The third kappa shape index (κ3) is 3.32. The minimum atomic E-state index is -0.226. The minimum Gasteiger partial charge on any atom is -0.371 e. The number of carbonyl (C=O) groups excluding carboxylic acids is 1. The van der Waals surface area contributed by atoms with E-state index in [-0.39, 0.29) is 17.9 Å². The smallest absolute Gasteiger partial charge is 0.258 e. The van der Waals surface area contributed by atoms with Gasteiger partial charge in [-0.3, -0.25) is 14.8 Å². The molecule has 3 aromatic heterocycles. The van der Waals surface area contributed by atoms with Crippen molar-refractivity contribution in [1.82, 2.24) is 25.0 Å². The van der Waals surface area contributed by atoms with E-state index in [1.165, 1.54) is 11.3 Å². The maximum Gasteiger partial charge on any atom is 0.258 e. The summed E-state index contributed by atoms with van der Waals surface area (Å²) < 4.78 is 7.35. The highest BCUT2D eigenvalue weighted by Crippen LogP contribution is 2.32. The van der Waals surface area contributed by atoms with Crippen LogP contribution in [0.2, 0.25) is 0 Å². The topological polar surface area (TPSA) is 94.8 Å². The van der Waals surface area contributed by atoms with Crippen molar-refractivity contribution >= 4 is 33.4 Å². The largest absolute Gasteiger partial charge is 0.371 e. The SMILES string of the molecule is Cc1nn(C)c2nc(C(C)C)cc(C(=O)Nc3nnc(C4CCCO4)s3)c12. The van der Waals surface area contributed by atoms with Crippen LogP contribution in [0.1, 0.15) is 65.5 Å². The second-order valence-electron chi connectivity index (χ2n) is 7.06. The van der Waals surface area contributed by atoms with E-state index in [0.29, 0.717) is 16.3 Å². The number of nitrogens with one attached hydrogen (secondary N) is 1. The first-order valence-electron chi connectivity index (χ1n) is 9.04. The molecular weight excluding hydrogens is 364 g/mol. The predicted octanol–water partition coefficient (Wildman–Crippen LogP) is 3.36. The van der Waals surface area contributed by atoms with Crippen LogP contribution in [0.3, 0.4) is 0 Å². The molecule has 9 heteroatoms. The molecule has 1 atom stereocenters. The van der Waals surface area contributed by atoms with Crippen LogP contribution >= 0.6 is 11.3 Å². The highest BCUT2D eigenvalue weighted by molar-refractivity contribution is 7.15. The molecule has 8 nitrogen and oxygen atoms in total. The van der Waals surface area contributed by atoms with Crippen LogP contribution in [-0.2, 0) is 11.8 Å². The molecule has 27 heavy (non-hydrogen) atoms. The number of aromatic nitrogens is 5. The lowest BCUT2D eigenvalue weighted by Gasteiger charge is -2.09. The molecule has 1 fully saturated rings. The van der Waals surface area contributed by atoms with Gasteiger partial charge in [0.1, 0.15) is 11.1 Å². The van der Waals surface area contributed by atoms with Gasteiger partial charge in [0.15, 0.2) is 5.65 Å². The summed E-state index contributed by atoms with van der Waals surface area (Å²) in [6, 6.07) is 1.85. The third-order valence-electron chi connectivity index (χ3n) is 4.69. The number of amides is 1. The number of hydrogen-bond donors (Lipinski definition) is 1. The Morgan fingerprint density at radius 3 is 2.93 bits per heavy atom. The maximum atomic E-state index is 13.0. The second-order valence-corrected chi connectivity index (χ2v) is 8.07. The van der Waals surface area contributed by atoms with Crippen LogP contribution in [0.4, 0.5) is 5.13 Å². The predicted molar refractivity (Wildman–Crippen MR) is 103 cm³/mol. The molecule has 0 spiro atoms. The number of ether oxygens (including phenoxy) is 1. The zero-order valence-electron chi connectivity index (χ0n) is 15.8. The van der Waals surface area contributed by atoms with Gasteiger partial charge in [0.2, 0.25) is 5.13 Å². The molecule has 4 rings (SSSR count). The van der Waals surface area contributed by atoms with E-state index in [9.17, 15) is 4.79 Å². The number of rotatable bonds is 4. The van der Waals surface area contributed by atoms with E-state index < -0.39 is 0 Å². The first-order chi connectivity index (χ1) is 12.9. The maximum absolute atomic E-state index is 13.0. The van der Waals surface area contributed by atoms with Crippen molar-refractivity contribution in [3.05, 3.63) is 28.0 Å². The van der Waals surface area contributed by atoms with Crippen LogP contribution in [0.15, 0.2) is 6.07 Å². The van der Waals surface area contributed by atoms with Crippen molar-refractivity contribution in [3.63, 3.8) is 0 Å². The molecule has 0 aliphatic carbocycles. The zero-order valence-corrected chi connectivity index (χ0v) is 16.6. The fourth-order valence-corrected chi connectivity index (χ4v) is 4.11. The van der Waals surface area contributed by atoms with Gasteiger partial charge < -0.3 is 4.74 Å². The van der Waals surface area contributed by atoms with Crippen molar-refractivity contribution < 1.29 is 9.53 Å². The fourth-order valence-electron chi connectivity index (χ4n) is 3.29. The molecule has 1 unspecified atom stereocenters. The van der Waals surface area contributed by atoms with E-state index in [0.717, 1.165) is 41.2 Å². The Balaban J connectivity index is 1.68. The number of anilines is 1. The summed E-state index contributed by atoms with van der Waals surface area (Å²) in [5, 5.41) is 17.6. The van der Waals surface area contributed by atoms with E-state index in [2.05, 4.69) is 39.4 Å². The average molecular weight is 386 g/mol. The van der Waals surface area contributed by atoms with Gasteiger partial charge in [0, 0.05) is 19.3 Å². The molecule has 1 amide bonds. The summed E-state index contributed by atoms with van der Waals surface area (Å²) in [5.41, 5.74) is 2.90. The van der Waals surface area contributed by atoms with Crippen molar-refractivity contribution in [1.29, 1.82) is 0 Å². The Morgan fingerprint density at radius 1 is 1.41 bits per heavy atom. The lowest BCUT2D eigenvalue weighted by Crippen LogP contribution is -2.14.